The molecule has 1 aromatic rings. The maximum absolute atomic E-state index is 12.0. The molecule has 5 heteroatoms. The molecule has 0 N–H and O–H groups in total. The first-order chi connectivity index (χ1) is 8.51. The van der Waals surface area contributed by atoms with E-state index in [-0.39, 0.29) is 10.6 Å². The highest BCUT2D eigenvalue weighted by molar-refractivity contribution is 9.10. The molecule has 98 valence electrons. The maximum Gasteiger partial charge on any atom is 0.338 e. The summed E-state index contributed by atoms with van der Waals surface area (Å²) < 4.78 is 4.93. The summed E-state index contributed by atoms with van der Waals surface area (Å²) in [5.74, 6) is -0.438. The van der Waals surface area contributed by atoms with E-state index in [1.807, 2.05) is 6.26 Å². The fourth-order valence-corrected chi connectivity index (χ4v) is 2.29. The average molecular weight is 331 g/mol. The largest absolute Gasteiger partial charge is 0.462 e. The van der Waals surface area contributed by atoms with Crippen molar-refractivity contribution in [3.63, 3.8) is 0 Å². The van der Waals surface area contributed by atoms with Gasteiger partial charge in [0.25, 0.3) is 0 Å². The topological polar surface area (TPSA) is 43.4 Å². The fourth-order valence-electron chi connectivity index (χ4n) is 1.46. The predicted molar refractivity (Wildman–Crippen MR) is 76.9 cm³/mol. The molecule has 0 aliphatic heterocycles. The Hall–Kier alpha value is -0.810. The first-order valence-electron chi connectivity index (χ1n) is 5.54. The second kappa shape index (κ2) is 6.95. The Bertz CT molecular complexity index is 458. The van der Waals surface area contributed by atoms with Gasteiger partial charge < -0.3 is 4.74 Å². The predicted octanol–water partition coefficient (Wildman–Crippen LogP) is 3.55. The van der Waals surface area contributed by atoms with Gasteiger partial charge in [0.15, 0.2) is 5.78 Å². The Kier molecular flexibility index (Phi) is 5.88. The molecule has 0 heterocycles. The number of hydrogen-bond acceptors (Lipinski definition) is 4. The van der Waals surface area contributed by atoms with Gasteiger partial charge in [0.1, 0.15) is 0 Å². The number of esters is 1. The lowest BCUT2D eigenvalue weighted by Gasteiger charge is -2.10. The monoisotopic (exact) mass is 330 g/mol. The van der Waals surface area contributed by atoms with Crippen LogP contribution in [0.2, 0.25) is 0 Å². The molecule has 3 nitrogen and oxygen atoms in total. The van der Waals surface area contributed by atoms with Crippen LogP contribution in [-0.2, 0) is 4.74 Å². The van der Waals surface area contributed by atoms with Crippen molar-refractivity contribution in [1.82, 2.24) is 0 Å². The summed E-state index contributed by atoms with van der Waals surface area (Å²) >= 11 is 4.74. The highest BCUT2D eigenvalue weighted by atomic mass is 79.9. The minimum absolute atomic E-state index is 0.0366. The number of ether oxygens (including phenoxy) is 1. The minimum Gasteiger partial charge on any atom is -0.462 e. The van der Waals surface area contributed by atoms with Crippen molar-refractivity contribution >= 4 is 39.4 Å². The smallest absolute Gasteiger partial charge is 0.338 e. The van der Waals surface area contributed by atoms with E-state index >= 15 is 0 Å². The first kappa shape index (κ1) is 15.2. The van der Waals surface area contributed by atoms with Crippen molar-refractivity contribution in [2.75, 3.05) is 12.9 Å². The summed E-state index contributed by atoms with van der Waals surface area (Å²) in [6.07, 6.45) is 1.90. The van der Waals surface area contributed by atoms with Crippen molar-refractivity contribution in [3.8, 4) is 0 Å². The summed E-state index contributed by atoms with van der Waals surface area (Å²) in [6.45, 7) is 3.84. The fraction of sp³-hybridized carbons (Fsp3) is 0.385. The van der Waals surface area contributed by atoms with Crippen LogP contribution >= 0.6 is 27.7 Å². The lowest BCUT2D eigenvalue weighted by atomic mass is 10.1. The first-order valence-corrected chi connectivity index (χ1v) is 7.68. The molecule has 0 spiro atoms. The van der Waals surface area contributed by atoms with Gasteiger partial charge in [0.2, 0.25) is 0 Å². The number of ketones is 1. The molecule has 0 radical (unpaired) electrons. The number of halogens is 1. The van der Waals surface area contributed by atoms with E-state index in [0.29, 0.717) is 17.7 Å². The number of hydrogen-bond donors (Lipinski definition) is 0. The number of benzene rings is 1. The average Bonchev–Trinajstić information content (AvgIpc) is 2.37. The summed E-state index contributed by atoms with van der Waals surface area (Å²) in [6, 6.07) is 5.06. The number of rotatable bonds is 5. The molecule has 0 aliphatic carbocycles. The molecular weight excluding hydrogens is 316 g/mol. The molecule has 1 atom stereocenters. The third-order valence-corrected chi connectivity index (χ3v) is 3.55. The number of thioether (sulfide) groups is 1. The highest BCUT2D eigenvalue weighted by Crippen LogP contribution is 2.24. The Morgan fingerprint density at radius 3 is 2.61 bits per heavy atom. The number of alkyl halides is 1. The van der Waals surface area contributed by atoms with Gasteiger partial charge in [-0.15, -0.1) is 11.8 Å². The van der Waals surface area contributed by atoms with Gasteiger partial charge in [0, 0.05) is 10.5 Å². The van der Waals surface area contributed by atoms with Crippen LogP contribution in [0.4, 0.5) is 0 Å². The highest BCUT2D eigenvalue weighted by Gasteiger charge is 2.18. The molecule has 1 unspecified atom stereocenters. The quantitative estimate of drug-likeness (QED) is 0.358. The third kappa shape index (κ3) is 3.59. The van der Waals surface area contributed by atoms with Crippen LogP contribution < -0.4 is 0 Å². The Balaban J connectivity index is 3.17. The molecule has 0 saturated carbocycles. The van der Waals surface area contributed by atoms with Gasteiger partial charge >= 0.3 is 5.97 Å². The second-order valence-electron chi connectivity index (χ2n) is 3.62. The van der Waals surface area contributed by atoms with Crippen LogP contribution in [0.1, 0.15) is 34.6 Å². The van der Waals surface area contributed by atoms with Crippen molar-refractivity contribution in [2.45, 2.75) is 23.6 Å². The SMILES string of the molecule is CCOC(=O)c1ccc(SC)c(C(=O)C(C)Br)c1. The van der Waals surface area contributed by atoms with E-state index in [1.54, 1.807) is 32.0 Å². The van der Waals surface area contributed by atoms with E-state index < -0.39 is 5.97 Å². The van der Waals surface area contributed by atoms with Crippen LogP contribution in [0.5, 0.6) is 0 Å². The molecule has 0 bridgehead atoms. The Labute approximate surface area is 119 Å². The molecule has 1 rings (SSSR count). The van der Waals surface area contributed by atoms with Crippen molar-refractivity contribution in [3.05, 3.63) is 29.3 Å². The van der Waals surface area contributed by atoms with Gasteiger partial charge in [-0.3, -0.25) is 4.79 Å². The van der Waals surface area contributed by atoms with E-state index in [2.05, 4.69) is 15.9 Å². The van der Waals surface area contributed by atoms with Crippen LogP contribution in [0.15, 0.2) is 23.1 Å². The molecule has 0 aliphatic rings. The molecule has 0 saturated heterocycles. The lowest BCUT2D eigenvalue weighted by Crippen LogP contribution is -2.13. The van der Waals surface area contributed by atoms with Crippen LogP contribution in [0.3, 0.4) is 0 Å². The summed E-state index contributed by atoms with van der Waals surface area (Å²) in [4.78, 5) is 24.3. The standard InChI is InChI=1S/C13H15BrO3S/c1-4-17-13(16)9-5-6-11(18-3)10(7-9)12(15)8(2)14/h5-8H,4H2,1-3H3. The van der Waals surface area contributed by atoms with Crippen LogP contribution in [0.25, 0.3) is 0 Å². The van der Waals surface area contributed by atoms with Crippen molar-refractivity contribution in [2.24, 2.45) is 0 Å². The van der Waals surface area contributed by atoms with E-state index in [0.717, 1.165) is 4.90 Å². The third-order valence-electron chi connectivity index (χ3n) is 2.34. The Morgan fingerprint density at radius 2 is 2.11 bits per heavy atom. The van der Waals surface area contributed by atoms with Gasteiger partial charge in [-0.05, 0) is 38.3 Å². The zero-order valence-electron chi connectivity index (χ0n) is 10.5. The lowest BCUT2D eigenvalue weighted by molar-refractivity contribution is 0.0526. The van der Waals surface area contributed by atoms with Crippen molar-refractivity contribution in [1.29, 1.82) is 0 Å². The van der Waals surface area contributed by atoms with E-state index in [9.17, 15) is 9.59 Å². The number of carbonyl (C=O) groups excluding carboxylic acids is 2. The van der Waals surface area contributed by atoms with Gasteiger partial charge in [-0.2, -0.15) is 0 Å². The maximum atomic E-state index is 12.0. The summed E-state index contributed by atoms with van der Waals surface area (Å²) in [7, 11) is 0. The van der Waals surface area contributed by atoms with Crippen molar-refractivity contribution < 1.29 is 14.3 Å². The zero-order valence-corrected chi connectivity index (χ0v) is 12.9. The summed E-state index contributed by atoms with van der Waals surface area (Å²) in [5, 5.41) is 0. The molecule has 0 fully saturated rings. The van der Waals surface area contributed by atoms with E-state index in [4.69, 9.17) is 4.74 Å². The second-order valence-corrected chi connectivity index (χ2v) is 5.84. The molecule has 1 aromatic carbocycles. The molecule has 0 aromatic heterocycles. The molecular formula is C13H15BrO3S. The number of carbonyl (C=O) groups is 2. The normalized spacial score (nSPS) is 12.0. The van der Waals surface area contributed by atoms with Crippen LogP contribution in [-0.4, -0.2) is 29.4 Å². The van der Waals surface area contributed by atoms with Gasteiger partial charge in [0.05, 0.1) is 17.0 Å². The summed E-state index contributed by atoms with van der Waals surface area (Å²) in [5.41, 5.74) is 0.962. The number of Topliss-reactive ketones (excluding diaryl/α,β-unsaturated/α-hetero) is 1. The zero-order chi connectivity index (χ0) is 13.7. The van der Waals surface area contributed by atoms with Gasteiger partial charge in [-0.25, -0.2) is 4.79 Å². The minimum atomic E-state index is -0.401. The molecule has 18 heavy (non-hydrogen) atoms. The van der Waals surface area contributed by atoms with E-state index in [1.165, 1.54) is 11.8 Å². The Morgan fingerprint density at radius 1 is 1.44 bits per heavy atom. The van der Waals surface area contributed by atoms with Gasteiger partial charge in [-0.1, -0.05) is 15.9 Å². The molecule has 0 amide bonds. The van der Waals surface area contributed by atoms with Crippen LogP contribution in [0, 0.1) is 0 Å².